The third kappa shape index (κ3) is 3.23. The van der Waals surface area contributed by atoms with Crippen molar-refractivity contribution in [1.82, 2.24) is 9.88 Å². The first-order chi connectivity index (χ1) is 12.3. The maximum Gasteiger partial charge on any atom is 0.228 e. The maximum atomic E-state index is 12.9. The number of hydrogen-bond donors (Lipinski definition) is 1. The normalized spacial score (nSPS) is 18.8. The van der Waals surface area contributed by atoms with E-state index in [2.05, 4.69) is 41.1 Å². The van der Waals surface area contributed by atoms with Crippen molar-refractivity contribution in [3.8, 4) is 0 Å². The molecule has 1 atom stereocenters. The third-order valence-electron chi connectivity index (χ3n) is 5.19. The number of thiophene rings is 1. The first-order valence-corrected chi connectivity index (χ1v) is 10.0. The second-order valence-corrected chi connectivity index (χ2v) is 7.87. The summed E-state index contributed by atoms with van der Waals surface area (Å²) in [6, 6.07) is 6.50. The average molecular weight is 353 g/mol. The van der Waals surface area contributed by atoms with Crippen LogP contribution in [0, 0.1) is 0 Å². The highest BCUT2D eigenvalue weighted by atomic mass is 32.1. The molecule has 0 bridgehead atoms. The van der Waals surface area contributed by atoms with Gasteiger partial charge in [0.15, 0.2) is 0 Å². The van der Waals surface area contributed by atoms with Crippen LogP contribution in [-0.4, -0.2) is 28.4 Å². The Labute approximate surface area is 152 Å². The third-order valence-corrected chi connectivity index (χ3v) is 6.07. The molecular weight excluding hydrogens is 328 g/mol. The second kappa shape index (κ2) is 7.04. The first-order valence-electron chi connectivity index (χ1n) is 9.16. The summed E-state index contributed by atoms with van der Waals surface area (Å²) in [5.74, 6) is 0.261. The molecule has 3 nitrogen and oxygen atoms in total. The number of amides is 1. The van der Waals surface area contributed by atoms with Crippen LogP contribution in [0.3, 0.4) is 0 Å². The fourth-order valence-corrected chi connectivity index (χ4v) is 4.72. The number of fused-ring (bicyclic) bond motifs is 2. The van der Waals surface area contributed by atoms with Gasteiger partial charge in [0.2, 0.25) is 5.91 Å². The topological polar surface area (TPSA) is 36.1 Å². The zero-order valence-electron chi connectivity index (χ0n) is 14.6. The van der Waals surface area contributed by atoms with Crippen molar-refractivity contribution in [1.29, 1.82) is 0 Å². The number of nitrogens with zero attached hydrogens (tertiary/aromatic N) is 1. The van der Waals surface area contributed by atoms with Crippen LogP contribution in [0.15, 0.2) is 41.4 Å². The lowest BCUT2D eigenvalue weighted by molar-refractivity contribution is -0.132. The number of aromatic amines is 1. The Kier molecular flexibility index (Phi) is 4.62. The van der Waals surface area contributed by atoms with Gasteiger partial charge in [0.05, 0.1) is 12.5 Å². The molecule has 0 radical (unpaired) electrons. The quantitative estimate of drug-likeness (QED) is 0.882. The van der Waals surface area contributed by atoms with Crippen LogP contribution in [0.5, 0.6) is 0 Å². The minimum absolute atomic E-state index is 0.236. The van der Waals surface area contributed by atoms with Crippen LogP contribution in [-0.2, 0) is 11.2 Å². The second-order valence-electron chi connectivity index (χ2n) is 6.83. The van der Waals surface area contributed by atoms with E-state index >= 15 is 0 Å². The SMILES string of the molecule is CCCN(C(=O)Cc1cccs1)C1C=C2CC=c3[nH]ccc3=C2CC1. The molecule has 2 aromatic rings. The molecule has 1 amide bonds. The Balaban J connectivity index is 1.59. The molecule has 0 aromatic carbocycles. The molecule has 0 aliphatic heterocycles. The van der Waals surface area contributed by atoms with E-state index < -0.39 is 0 Å². The van der Waals surface area contributed by atoms with Crippen molar-refractivity contribution in [3.63, 3.8) is 0 Å². The van der Waals surface area contributed by atoms with Crippen LogP contribution in [0.4, 0.5) is 0 Å². The maximum absolute atomic E-state index is 12.9. The number of H-pyrrole nitrogens is 1. The molecule has 0 fully saturated rings. The summed E-state index contributed by atoms with van der Waals surface area (Å²) in [4.78, 5) is 19.5. The van der Waals surface area contributed by atoms with Crippen LogP contribution in [0.2, 0.25) is 0 Å². The molecule has 2 heterocycles. The van der Waals surface area contributed by atoms with Crippen molar-refractivity contribution in [2.24, 2.45) is 0 Å². The van der Waals surface area contributed by atoms with Gasteiger partial charge in [0.25, 0.3) is 0 Å². The Morgan fingerprint density at radius 1 is 1.40 bits per heavy atom. The predicted octanol–water partition coefficient (Wildman–Crippen LogP) is 2.98. The minimum atomic E-state index is 0.236. The summed E-state index contributed by atoms with van der Waals surface area (Å²) in [5.41, 5.74) is 2.88. The summed E-state index contributed by atoms with van der Waals surface area (Å²) in [5, 5.41) is 4.65. The van der Waals surface area contributed by atoms with Crippen molar-refractivity contribution in [2.45, 2.75) is 45.1 Å². The minimum Gasteiger partial charge on any atom is -0.361 e. The molecular formula is C21H24N2OS. The number of nitrogens with one attached hydrogen (secondary N) is 1. The molecule has 1 N–H and O–H groups in total. The lowest BCUT2D eigenvalue weighted by atomic mass is 9.85. The number of hydrogen-bond acceptors (Lipinski definition) is 2. The van der Waals surface area contributed by atoms with Crippen molar-refractivity contribution >= 4 is 28.9 Å². The average Bonchev–Trinajstić information content (AvgIpc) is 3.30. The molecule has 0 saturated carbocycles. The van der Waals surface area contributed by atoms with Gasteiger partial charge in [0, 0.05) is 28.2 Å². The van der Waals surface area contributed by atoms with Gasteiger partial charge in [-0.15, -0.1) is 11.3 Å². The largest absolute Gasteiger partial charge is 0.361 e. The van der Waals surface area contributed by atoms with Gasteiger partial charge in [-0.1, -0.05) is 25.1 Å². The number of aromatic nitrogens is 1. The van der Waals surface area contributed by atoms with Gasteiger partial charge in [-0.25, -0.2) is 0 Å². The van der Waals surface area contributed by atoms with Crippen LogP contribution in [0.25, 0.3) is 11.6 Å². The molecule has 0 spiro atoms. The smallest absolute Gasteiger partial charge is 0.228 e. The fourth-order valence-electron chi connectivity index (χ4n) is 4.02. The standard InChI is InChI=1S/C21H24N2OS/c1-2-11-23(21(24)14-17-4-3-12-25-17)16-6-7-18-15(13-16)5-8-20-19(18)9-10-22-20/h3-4,8-10,12-13,16,22H,2,5-7,11,14H2,1H3. The molecule has 4 rings (SSSR count). The lowest BCUT2D eigenvalue weighted by Gasteiger charge is -2.34. The van der Waals surface area contributed by atoms with Gasteiger partial charge in [-0.2, -0.15) is 0 Å². The van der Waals surface area contributed by atoms with Gasteiger partial charge in [-0.05, 0) is 54.3 Å². The lowest BCUT2D eigenvalue weighted by Crippen LogP contribution is -2.42. The van der Waals surface area contributed by atoms with Crippen molar-refractivity contribution in [2.75, 3.05) is 6.54 Å². The van der Waals surface area contributed by atoms with E-state index in [1.54, 1.807) is 11.3 Å². The van der Waals surface area contributed by atoms with Gasteiger partial charge in [0.1, 0.15) is 0 Å². The van der Waals surface area contributed by atoms with E-state index in [1.807, 2.05) is 17.6 Å². The monoisotopic (exact) mass is 352 g/mol. The molecule has 1 unspecified atom stereocenters. The zero-order valence-corrected chi connectivity index (χ0v) is 15.4. The highest BCUT2D eigenvalue weighted by molar-refractivity contribution is 7.10. The Bertz CT molecular complexity index is 904. The molecule has 2 aliphatic rings. The van der Waals surface area contributed by atoms with Crippen LogP contribution >= 0.6 is 11.3 Å². The van der Waals surface area contributed by atoms with E-state index in [-0.39, 0.29) is 11.9 Å². The number of carbonyl (C=O) groups excluding carboxylic acids is 1. The summed E-state index contributed by atoms with van der Waals surface area (Å²) in [7, 11) is 0. The molecule has 0 saturated heterocycles. The van der Waals surface area contributed by atoms with E-state index in [9.17, 15) is 4.79 Å². The summed E-state index contributed by atoms with van der Waals surface area (Å²) in [6.45, 7) is 2.99. The number of allylic oxidation sites excluding steroid dienone is 1. The number of carbonyl (C=O) groups is 1. The predicted molar refractivity (Wildman–Crippen MR) is 104 cm³/mol. The summed E-state index contributed by atoms with van der Waals surface area (Å²) < 4.78 is 0. The van der Waals surface area contributed by atoms with E-state index in [1.165, 1.54) is 21.7 Å². The van der Waals surface area contributed by atoms with Crippen molar-refractivity contribution in [3.05, 3.63) is 56.9 Å². The molecule has 130 valence electrons. The molecule has 2 aliphatic carbocycles. The summed E-state index contributed by atoms with van der Waals surface area (Å²) in [6.07, 6.45) is 11.2. The summed E-state index contributed by atoms with van der Waals surface area (Å²) >= 11 is 1.67. The highest BCUT2D eigenvalue weighted by Gasteiger charge is 2.27. The zero-order chi connectivity index (χ0) is 17.2. The first kappa shape index (κ1) is 16.4. The number of rotatable bonds is 5. The van der Waals surface area contributed by atoms with Gasteiger partial charge >= 0.3 is 0 Å². The molecule has 25 heavy (non-hydrogen) atoms. The van der Waals surface area contributed by atoms with Gasteiger partial charge < -0.3 is 9.88 Å². The van der Waals surface area contributed by atoms with Crippen LogP contribution < -0.4 is 10.6 Å². The van der Waals surface area contributed by atoms with Gasteiger partial charge in [-0.3, -0.25) is 4.79 Å². The van der Waals surface area contributed by atoms with E-state index in [0.29, 0.717) is 6.42 Å². The fraction of sp³-hybridized carbons (Fsp3) is 0.381. The molecule has 4 heteroatoms. The Morgan fingerprint density at radius 3 is 3.12 bits per heavy atom. The highest BCUT2D eigenvalue weighted by Crippen LogP contribution is 2.31. The van der Waals surface area contributed by atoms with E-state index in [4.69, 9.17) is 0 Å². The van der Waals surface area contributed by atoms with Crippen molar-refractivity contribution < 1.29 is 4.79 Å². The Morgan fingerprint density at radius 2 is 2.32 bits per heavy atom. The molecule has 2 aromatic heterocycles. The van der Waals surface area contributed by atoms with Crippen LogP contribution in [0.1, 0.15) is 37.5 Å². The Hall–Kier alpha value is -2.07. The van der Waals surface area contributed by atoms with E-state index in [0.717, 1.165) is 37.1 Å².